The topological polar surface area (TPSA) is 77.1 Å². The highest BCUT2D eigenvalue weighted by molar-refractivity contribution is 6.31. The lowest BCUT2D eigenvalue weighted by molar-refractivity contribution is 0.102. The number of carbonyl (C=O) groups is 1. The van der Waals surface area contributed by atoms with E-state index in [1.54, 1.807) is 49.4 Å². The van der Waals surface area contributed by atoms with E-state index in [0.717, 1.165) is 4.52 Å². The van der Waals surface area contributed by atoms with Crippen LogP contribution >= 0.6 is 11.6 Å². The van der Waals surface area contributed by atoms with Crippen LogP contribution < -0.4 is 5.32 Å². The molecule has 3 heterocycles. The molecule has 11 heteroatoms. The van der Waals surface area contributed by atoms with Crippen LogP contribution in [-0.4, -0.2) is 30.3 Å². The fraction of sp³-hybridized carbons (Fsp3) is 0.120. The van der Waals surface area contributed by atoms with Crippen LogP contribution in [0.1, 0.15) is 33.7 Å². The third-order valence-corrected chi connectivity index (χ3v) is 5.98. The molecule has 0 saturated heterocycles. The molecular formula is C25H18ClF3N6O. The molecule has 7 nitrogen and oxygen atoms in total. The Labute approximate surface area is 208 Å². The van der Waals surface area contributed by atoms with Crippen LogP contribution in [0.5, 0.6) is 0 Å². The van der Waals surface area contributed by atoms with Crippen molar-refractivity contribution in [1.29, 1.82) is 0 Å². The van der Waals surface area contributed by atoms with E-state index in [1.807, 2.05) is 0 Å². The van der Waals surface area contributed by atoms with E-state index in [1.165, 1.54) is 29.1 Å². The molecule has 3 aromatic heterocycles. The van der Waals surface area contributed by atoms with E-state index in [4.69, 9.17) is 11.6 Å². The van der Waals surface area contributed by atoms with Crippen LogP contribution in [0.2, 0.25) is 5.02 Å². The van der Waals surface area contributed by atoms with Gasteiger partial charge in [-0.25, -0.2) is 22.7 Å². The first kappa shape index (κ1) is 23.6. The number of aryl methyl sites for hydroxylation is 1. The summed E-state index contributed by atoms with van der Waals surface area (Å²) in [6.45, 7) is 1.80. The van der Waals surface area contributed by atoms with E-state index in [0.29, 0.717) is 11.3 Å². The Morgan fingerprint density at radius 3 is 2.61 bits per heavy atom. The van der Waals surface area contributed by atoms with Crippen molar-refractivity contribution in [2.24, 2.45) is 0 Å². The molecule has 0 aliphatic carbocycles. The van der Waals surface area contributed by atoms with Gasteiger partial charge in [0.25, 0.3) is 12.3 Å². The average Bonchev–Trinajstić information content (AvgIpc) is 3.44. The number of benzene rings is 2. The predicted molar refractivity (Wildman–Crippen MR) is 129 cm³/mol. The average molecular weight is 511 g/mol. The van der Waals surface area contributed by atoms with Gasteiger partial charge in [0.05, 0.1) is 18.4 Å². The molecule has 0 aliphatic rings. The van der Waals surface area contributed by atoms with Crippen LogP contribution in [0.15, 0.2) is 66.9 Å². The summed E-state index contributed by atoms with van der Waals surface area (Å²) in [5.41, 5.74) is 1.42. The van der Waals surface area contributed by atoms with Gasteiger partial charge in [0, 0.05) is 27.9 Å². The zero-order chi connectivity index (χ0) is 25.4. The lowest BCUT2D eigenvalue weighted by Crippen LogP contribution is -2.14. The molecule has 0 bridgehead atoms. The summed E-state index contributed by atoms with van der Waals surface area (Å²) in [5.74, 6) is -0.904. The van der Waals surface area contributed by atoms with Crippen molar-refractivity contribution in [3.63, 3.8) is 0 Å². The number of amides is 1. The largest absolute Gasteiger partial charge is 0.305 e. The molecule has 182 valence electrons. The first-order valence-electron chi connectivity index (χ1n) is 10.8. The van der Waals surface area contributed by atoms with Crippen LogP contribution in [0, 0.1) is 12.7 Å². The molecule has 0 atom stereocenters. The molecule has 0 saturated carbocycles. The van der Waals surface area contributed by atoms with Gasteiger partial charge in [-0.3, -0.25) is 9.48 Å². The van der Waals surface area contributed by atoms with Crippen molar-refractivity contribution in [3.05, 3.63) is 100 Å². The number of alkyl halides is 2. The molecule has 2 aromatic carbocycles. The third kappa shape index (κ3) is 4.42. The van der Waals surface area contributed by atoms with Gasteiger partial charge in [-0.05, 0) is 25.1 Å². The Morgan fingerprint density at radius 2 is 1.89 bits per heavy atom. The lowest BCUT2D eigenvalue weighted by Gasteiger charge is -2.08. The van der Waals surface area contributed by atoms with Crippen LogP contribution in [0.25, 0.3) is 16.9 Å². The number of hydrogen-bond acceptors (Lipinski definition) is 4. The Balaban J connectivity index is 1.47. The summed E-state index contributed by atoms with van der Waals surface area (Å²) in [6.07, 6.45) is -1.65. The standard InChI is InChI=1S/C25H18ClF3N6O/c1-14-10-22(33-34(14)13-17-18(26)8-5-9-19(17)27)32-25(36)16-12-30-35-21(23(28)29)11-20(31-24(16)35)15-6-3-2-4-7-15/h2-12,23H,13H2,1H3,(H,32,33,36). The number of rotatable bonds is 6. The van der Waals surface area contributed by atoms with Gasteiger partial charge in [0.15, 0.2) is 11.5 Å². The maximum Gasteiger partial charge on any atom is 0.280 e. The molecule has 0 radical (unpaired) electrons. The minimum Gasteiger partial charge on any atom is -0.305 e. The van der Waals surface area contributed by atoms with E-state index in [9.17, 15) is 18.0 Å². The highest BCUT2D eigenvalue weighted by Crippen LogP contribution is 2.27. The number of nitrogens with zero attached hydrogens (tertiary/aromatic N) is 5. The van der Waals surface area contributed by atoms with Gasteiger partial charge < -0.3 is 5.32 Å². The smallest absolute Gasteiger partial charge is 0.280 e. The molecule has 5 aromatic rings. The number of aromatic nitrogens is 5. The first-order valence-corrected chi connectivity index (χ1v) is 11.2. The van der Waals surface area contributed by atoms with Crippen LogP contribution in [0.3, 0.4) is 0 Å². The maximum atomic E-state index is 14.2. The van der Waals surface area contributed by atoms with E-state index < -0.39 is 18.1 Å². The zero-order valence-corrected chi connectivity index (χ0v) is 19.5. The minimum absolute atomic E-state index is 0.000896. The Hall–Kier alpha value is -4.18. The fourth-order valence-corrected chi connectivity index (χ4v) is 4.03. The minimum atomic E-state index is -2.84. The van der Waals surface area contributed by atoms with E-state index in [-0.39, 0.29) is 45.5 Å². The molecule has 36 heavy (non-hydrogen) atoms. The quantitative estimate of drug-likeness (QED) is 0.307. The van der Waals surface area contributed by atoms with Crippen molar-refractivity contribution in [3.8, 4) is 11.3 Å². The Bertz CT molecular complexity index is 1560. The summed E-state index contributed by atoms with van der Waals surface area (Å²) in [4.78, 5) is 17.5. The molecule has 0 aliphatic heterocycles. The van der Waals surface area contributed by atoms with E-state index in [2.05, 4.69) is 20.5 Å². The number of nitrogens with one attached hydrogen (secondary N) is 1. The summed E-state index contributed by atoms with van der Waals surface area (Å²) >= 11 is 6.12. The predicted octanol–water partition coefficient (Wildman–Crippen LogP) is 5.93. The van der Waals surface area contributed by atoms with Gasteiger partial charge >= 0.3 is 0 Å². The zero-order valence-electron chi connectivity index (χ0n) is 18.8. The van der Waals surface area contributed by atoms with Crippen molar-refractivity contribution in [1.82, 2.24) is 24.4 Å². The van der Waals surface area contributed by atoms with Gasteiger partial charge in [-0.2, -0.15) is 10.2 Å². The van der Waals surface area contributed by atoms with Crippen molar-refractivity contribution in [2.45, 2.75) is 19.9 Å². The van der Waals surface area contributed by atoms with Gasteiger partial charge in [-0.15, -0.1) is 0 Å². The molecule has 5 rings (SSSR count). The molecule has 0 fully saturated rings. The number of fused-ring (bicyclic) bond motifs is 1. The number of halogens is 4. The second-order valence-electron chi connectivity index (χ2n) is 8.01. The highest BCUT2D eigenvalue weighted by Gasteiger charge is 2.22. The van der Waals surface area contributed by atoms with Gasteiger partial charge in [0.1, 0.15) is 17.1 Å². The van der Waals surface area contributed by atoms with Crippen LogP contribution in [-0.2, 0) is 6.54 Å². The second-order valence-corrected chi connectivity index (χ2v) is 8.42. The van der Waals surface area contributed by atoms with Gasteiger partial charge in [-0.1, -0.05) is 48.0 Å². The SMILES string of the molecule is Cc1cc(NC(=O)c2cnn3c(C(F)F)cc(-c4ccccc4)nc23)nn1Cc1c(F)cccc1Cl. The fourth-order valence-electron chi connectivity index (χ4n) is 3.81. The molecule has 1 amide bonds. The Kier molecular flexibility index (Phi) is 6.19. The lowest BCUT2D eigenvalue weighted by atomic mass is 10.1. The van der Waals surface area contributed by atoms with Gasteiger partial charge in [0.2, 0.25) is 0 Å². The Morgan fingerprint density at radius 1 is 1.11 bits per heavy atom. The first-order chi connectivity index (χ1) is 17.3. The molecule has 0 spiro atoms. The normalized spacial score (nSPS) is 11.4. The third-order valence-electron chi connectivity index (χ3n) is 5.63. The highest BCUT2D eigenvalue weighted by atomic mass is 35.5. The summed E-state index contributed by atoms with van der Waals surface area (Å²) in [6, 6.07) is 16.1. The number of anilines is 1. The summed E-state index contributed by atoms with van der Waals surface area (Å²) in [5, 5.41) is 11.2. The van der Waals surface area contributed by atoms with Crippen LogP contribution in [0.4, 0.5) is 19.0 Å². The summed E-state index contributed by atoms with van der Waals surface area (Å²) < 4.78 is 44.2. The van der Waals surface area contributed by atoms with E-state index >= 15 is 0 Å². The number of hydrogen-bond donors (Lipinski definition) is 1. The van der Waals surface area contributed by atoms with Crippen molar-refractivity contribution >= 4 is 29.0 Å². The molecule has 1 N–H and O–H groups in total. The maximum absolute atomic E-state index is 14.2. The monoisotopic (exact) mass is 510 g/mol. The summed E-state index contributed by atoms with van der Waals surface area (Å²) in [7, 11) is 0. The molecular weight excluding hydrogens is 493 g/mol. The number of carbonyl (C=O) groups excluding carboxylic acids is 1. The molecule has 0 unspecified atom stereocenters. The van der Waals surface area contributed by atoms with Crippen molar-refractivity contribution < 1.29 is 18.0 Å². The second kappa shape index (κ2) is 9.46. The van der Waals surface area contributed by atoms with Crippen molar-refractivity contribution in [2.75, 3.05) is 5.32 Å².